The van der Waals surface area contributed by atoms with Crippen molar-refractivity contribution in [1.82, 2.24) is 15.1 Å². The van der Waals surface area contributed by atoms with Crippen LogP contribution in [0, 0.1) is 5.82 Å². The van der Waals surface area contributed by atoms with Crippen molar-refractivity contribution in [2.45, 2.75) is 44.7 Å². The molecule has 0 atom stereocenters. The summed E-state index contributed by atoms with van der Waals surface area (Å²) in [6, 6.07) is 5.43. The molecule has 1 N–H and O–H groups in total. The molecule has 25 heavy (non-hydrogen) atoms. The van der Waals surface area contributed by atoms with E-state index in [2.05, 4.69) is 15.2 Å². The second kappa shape index (κ2) is 7.85. The first-order valence-electron chi connectivity index (χ1n) is 9.06. The lowest BCUT2D eigenvalue weighted by atomic mass is 10.00. The van der Waals surface area contributed by atoms with E-state index in [9.17, 15) is 9.18 Å². The van der Waals surface area contributed by atoms with Crippen LogP contribution >= 0.6 is 0 Å². The molecule has 1 amide bonds. The van der Waals surface area contributed by atoms with Crippen LogP contribution < -0.4 is 5.32 Å². The topological polar surface area (TPSA) is 47.9 Å². The SMILES string of the molecule is CN(C)C(=O)CN=C(NC1CCCC1)N1CCc2cc(F)ccc2C1. The minimum absolute atomic E-state index is 0.00907. The van der Waals surface area contributed by atoms with Crippen LogP contribution in [0.2, 0.25) is 0 Å². The minimum atomic E-state index is -0.179. The zero-order chi connectivity index (χ0) is 17.8. The van der Waals surface area contributed by atoms with Gasteiger partial charge in [0.2, 0.25) is 5.91 Å². The predicted octanol–water partition coefficient (Wildman–Crippen LogP) is 2.16. The number of rotatable bonds is 3. The molecular formula is C19H27FN4O. The van der Waals surface area contributed by atoms with Crippen LogP contribution in [0.1, 0.15) is 36.8 Å². The molecular weight excluding hydrogens is 319 g/mol. The summed E-state index contributed by atoms with van der Waals surface area (Å²) in [7, 11) is 3.49. The molecule has 1 fully saturated rings. The van der Waals surface area contributed by atoms with Gasteiger partial charge in [-0.2, -0.15) is 0 Å². The molecule has 0 bridgehead atoms. The number of nitrogens with zero attached hydrogens (tertiary/aromatic N) is 3. The average molecular weight is 346 g/mol. The lowest BCUT2D eigenvalue weighted by Crippen LogP contribution is -2.47. The predicted molar refractivity (Wildman–Crippen MR) is 96.9 cm³/mol. The highest BCUT2D eigenvalue weighted by Crippen LogP contribution is 2.22. The first-order valence-corrected chi connectivity index (χ1v) is 9.06. The molecule has 1 aromatic rings. The maximum Gasteiger partial charge on any atom is 0.243 e. The minimum Gasteiger partial charge on any atom is -0.353 e. The van der Waals surface area contributed by atoms with Gasteiger partial charge in [0, 0.05) is 33.2 Å². The summed E-state index contributed by atoms with van der Waals surface area (Å²) in [5, 5.41) is 3.55. The van der Waals surface area contributed by atoms with Crippen molar-refractivity contribution in [1.29, 1.82) is 0 Å². The molecule has 0 radical (unpaired) electrons. The van der Waals surface area contributed by atoms with Crippen molar-refractivity contribution in [3.05, 3.63) is 35.1 Å². The number of guanidine groups is 1. The van der Waals surface area contributed by atoms with Crippen LogP contribution in [0.3, 0.4) is 0 Å². The normalized spacial score (nSPS) is 18.2. The molecule has 1 aliphatic carbocycles. The van der Waals surface area contributed by atoms with E-state index in [4.69, 9.17) is 0 Å². The van der Waals surface area contributed by atoms with Crippen molar-refractivity contribution >= 4 is 11.9 Å². The molecule has 0 unspecified atom stereocenters. The molecule has 5 nitrogen and oxygen atoms in total. The van der Waals surface area contributed by atoms with Crippen LogP contribution in [0.4, 0.5) is 4.39 Å². The van der Waals surface area contributed by atoms with E-state index < -0.39 is 0 Å². The zero-order valence-electron chi connectivity index (χ0n) is 15.1. The van der Waals surface area contributed by atoms with Gasteiger partial charge < -0.3 is 15.1 Å². The van der Waals surface area contributed by atoms with Crippen molar-refractivity contribution < 1.29 is 9.18 Å². The summed E-state index contributed by atoms with van der Waals surface area (Å²) < 4.78 is 13.4. The largest absolute Gasteiger partial charge is 0.353 e. The first kappa shape index (κ1) is 17.7. The number of halogens is 1. The Bertz CT molecular complexity index is 653. The lowest BCUT2D eigenvalue weighted by molar-refractivity contribution is -0.127. The van der Waals surface area contributed by atoms with Gasteiger partial charge >= 0.3 is 0 Å². The number of carbonyl (C=O) groups is 1. The van der Waals surface area contributed by atoms with Gasteiger partial charge in [0.05, 0.1) is 0 Å². The molecule has 1 saturated carbocycles. The van der Waals surface area contributed by atoms with Gasteiger partial charge in [-0.25, -0.2) is 9.38 Å². The Morgan fingerprint density at radius 1 is 1.32 bits per heavy atom. The molecule has 0 aromatic heterocycles. The second-order valence-electron chi connectivity index (χ2n) is 7.14. The van der Waals surface area contributed by atoms with Crippen molar-refractivity contribution in [3.8, 4) is 0 Å². The molecule has 1 aromatic carbocycles. The van der Waals surface area contributed by atoms with Gasteiger partial charge in [-0.15, -0.1) is 0 Å². The Balaban J connectivity index is 1.75. The number of amides is 1. The third-order valence-corrected chi connectivity index (χ3v) is 5.03. The number of aliphatic imine (C=N–C) groups is 1. The molecule has 0 spiro atoms. The monoisotopic (exact) mass is 346 g/mol. The molecule has 2 aliphatic rings. The fraction of sp³-hybridized carbons (Fsp3) is 0.579. The smallest absolute Gasteiger partial charge is 0.243 e. The van der Waals surface area contributed by atoms with Gasteiger partial charge in [-0.05, 0) is 42.5 Å². The fourth-order valence-corrected chi connectivity index (χ4v) is 3.48. The van der Waals surface area contributed by atoms with E-state index in [1.165, 1.54) is 18.9 Å². The van der Waals surface area contributed by atoms with Crippen LogP contribution in [0.25, 0.3) is 0 Å². The van der Waals surface area contributed by atoms with Gasteiger partial charge in [-0.3, -0.25) is 4.79 Å². The van der Waals surface area contributed by atoms with Gasteiger partial charge in [0.15, 0.2) is 5.96 Å². The molecule has 136 valence electrons. The quantitative estimate of drug-likeness (QED) is 0.674. The third-order valence-electron chi connectivity index (χ3n) is 5.03. The van der Waals surface area contributed by atoms with Crippen LogP contribution in [0.15, 0.2) is 23.2 Å². The maximum atomic E-state index is 13.4. The van der Waals surface area contributed by atoms with Crippen LogP contribution in [0.5, 0.6) is 0 Å². The summed E-state index contributed by atoms with van der Waals surface area (Å²) in [5.74, 6) is 0.615. The van der Waals surface area contributed by atoms with Crippen molar-refractivity contribution in [2.75, 3.05) is 27.2 Å². The van der Waals surface area contributed by atoms with Crippen molar-refractivity contribution in [3.63, 3.8) is 0 Å². The standard InChI is InChI=1S/C19H27FN4O/c1-23(2)18(25)12-21-19(22-17-5-3-4-6-17)24-10-9-14-11-16(20)8-7-15(14)13-24/h7-8,11,17H,3-6,9-10,12-13H2,1-2H3,(H,21,22). The van der Waals surface area contributed by atoms with Crippen LogP contribution in [-0.4, -0.2) is 54.9 Å². The average Bonchev–Trinajstić information content (AvgIpc) is 3.10. The Labute approximate surface area is 148 Å². The van der Waals surface area contributed by atoms with E-state index in [0.29, 0.717) is 12.6 Å². The highest BCUT2D eigenvalue weighted by atomic mass is 19.1. The summed E-state index contributed by atoms with van der Waals surface area (Å²) in [5.41, 5.74) is 2.20. The number of likely N-dealkylation sites (N-methyl/N-ethyl adjacent to an activating group) is 1. The van der Waals surface area contributed by atoms with Crippen LogP contribution in [-0.2, 0) is 17.8 Å². The summed E-state index contributed by atoms with van der Waals surface area (Å²) in [6.45, 7) is 1.63. The number of hydrogen-bond acceptors (Lipinski definition) is 2. The highest BCUT2D eigenvalue weighted by molar-refractivity contribution is 5.85. The van der Waals surface area contributed by atoms with E-state index in [1.807, 2.05) is 6.07 Å². The summed E-state index contributed by atoms with van der Waals surface area (Å²) >= 11 is 0. The Kier molecular flexibility index (Phi) is 5.56. The van der Waals surface area contributed by atoms with E-state index in [-0.39, 0.29) is 18.3 Å². The molecule has 6 heteroatoms. The lowest BCUT2D eigenvalue weighted by Gasteiger charge is -2.33. The molecule has 0 saturated heterocycles. The Hall–Kier alpha value is -2.11. The molecule has 1 aliphatic heterocycles. The first-order chi connectivity index (χ1) is 12.0. The van der Waals surface area contributed by atoms with Gasteiger partial charge in [0.1, 0.15) is 12.4 Å². The van der Waals surface area contributed by atoms with E-state index in [0.717, 1.165) is 42.9 Å². The number of carbonyl (C=O) groups excluding carboxylic acids is 1. The van der Waals surface area contributed by atoms with Crippen molar-refractivity contribution in [2.24, 2.45) is 4.99 Å². The van der Waals surface area contributed by atoms with E-state index >= 15 is 0 Å². The Morgan fingerprint density at radius 3 is 2.80 bits per heavy atom. The Morgan fingerprint density at radius 2 is 2.08 bits per heavy atom. The molecule has 1 heterocycles. The number of fused-ring (bicyclic) bond motifs is 1. The number of hydrogen-bond donors (Lipinski definition) is 1. The summed E-state index contributed by atoms with van der Waals surface area (Å²) in [6.07, 6.45) is 5.57. The maximum absolute atomic E-state index is 13.4. The second-order valence-corrected chi connectivity index (χ2v) is 7.14. The van der Waals surface area contributed by atoms with Gasteiger partial charge in [0.25, 0.3) is 0 Å². The third kappa shape index (κ3) is 4.50. The highest BCUT2D eigenvalue weighted by Gasteiger charge is 2.23. The zero-order valence-corrected chi connectivity index (χ0v) is 15.1. The van der Waals surface area contributed by atoms with E-state index in [1.54, 1.807) is 25.1 Å². The number of nitrogens with one attached hydrogen (secondary N) is 1. The molecule has 3 rings (SSSR count). The summed E-state index contributed by atoms with van der Waals surface area (Å²) in [4.78, 5) is 20.3. The van der Waals surface area contributed by atoms with Gasteiger partial charge in [-0.1, -0.05) is 18.9 Å². The number of benzene rings is 1. The fourth-order valence-electron chi connectivity index (χ4n) is 3.48.